The first kappa shape index (κ1) is 19.1. The Balaban J connectivity index is 1.63. The average Bonchev–Trinajstić information content (AvgIpc) is 2.74. The Morgan fingerprint density at radius 2 is 1.46 bits per heavy atom. The molecule has 140 valence electrons. The largest absolute Gasteiger partial charge is 0.449 e. The molecule has 4 heteroatoms. The fourth-order valence-electron chi connectivity index (χ4n) is 2.69. The third-order valence-corrected chi connectivity index (χ3v) is 4.14. The lowest BCUT2D eigenvalue weighted by molar-refractivity contribution is -0.148. The maximum Gasteiger partial charge on any atom is 0.331 e. The summed E-state index contributed by atoms with van der Waals surface area (Å²) in [6.45, 7) is 1.55. The Morgan fingerprint density at radius 3 is 2.18 bits per heavy atom. The summed E-state index contributed by atoms with van der Waals surface area (Å²) >= 11 is 0. The van der Waals surface area contributed by atoms with E-state index in [9.17, 15) is 9.59 Å². The summed E-state index contributed by atoms with van der Waals surface area (Å²) in [4.78, 5) is 24.5. The van der Waals surface area contributed by atoms with Crippen molar-refractivity contribution < 1.29 is 14.3 Å². The van der Waals surface area contributed by atoms with Crippen LogP contribution in [0.4, 0.5) is 5.69 Å². The quantitative estimate of drug-likeness (QED) is 0.493. The number of nitrogens with one attached hydrogen (secondary N) is 1. The minimum atomic E-state index is -0.920. The van der Waals surface area contributed by atoms with Crippen molar-refractivity contribution in [2.45, 2.75) is 13.0 Å². The predicted molar refractivity (Wildman–Crippen MR) is 112 cm³/mol. The maximum atomic E-state index is 12.5. The monoisotopic (exact) mass is 371 g/mol. The first-order valence-corrected chi connectivity index (χ1v) is 9.02. The molecule has 3 rings (SSSR count). The zero-order valence-corrected chi connectivity index (χ0v) is 15.5. The van der Waals surface area contributed by atoms with Gasteiger partial charge in [0.05, 0.1) is 0 Å². The molecule has 0 aromatic heterocycles. The predicted octanol–water partition coefficient (Wildman–Crippen LogP) is 4.94. The molecule has 0 saturated carbocycles. The fourth-order valence-corrected chi connectivity index (χ4v) is 2.69. The second-order valence-corrected chi connectivity index (χ2v) is 6.22. The van der Waals surface area contributed by atoms with Crippen LogP contribution in [0.2, 0.25) is 0 Å². The van der Waals surface area contributed by atoms with Gasteiger partial charge in [-0.1, -0.05) is 78.9 Å². The van der Waals surface area contributed by atoms with Gasteiger partial charge < -0.3 is 10.1 Å². The molecule has 3 aromatic rings. The Morgan fingerprint density at radius 1 is 0.857 bits per heavy atom. The number of hydrogen-bond acceptors (Lipinski definition) is 3. The molecule has 0 fully saturated rings. The van der Waals surface area contributed by atoms with Gasteiger partial charge in [-0.15, -0.1) is 0 Å². The molecular formula is C24H21NO3. The van der Waals surface area contributed by atoms with E-state index < -0.39 is 12.1 Å². The lowest BCUT2D eigenvalue weighted by Gasteiger charge is -2.15. The summed E-state index contributed by atoms with van der Waals surface area (Å²) in [7, 11) is 0. The molecule has 0 saturated heterocycles. The molecule has 0 unspecified atom stereocenters. The third kappa shape index (κ3) is 5.17. The van der Waals surface area contributed by atoms with Gasteiger partial charge in [0, 0.05) is 17.3 Å². The highest BCUT2D eigenvalue weighted by molar-refractivity contribution is 5.99. The lowest BCUT2D eigenvalue weighted by Crippen LogP contribution is -2.29. The summed E-state index contributed by atoms with van der Waals surface area (Å²) < 4.78 is 5.21. The van der Waals surface area contributed by atoms with Crippen LogP contribution in [0, 0.1) is 0 Å². The Labute approximate surface area is 164 Å². The lowest BCUT2D eigenvalue weighted by atomic mass is 10.0. The van der Waals surface area contributed by atoms with Gasteiger partial charge in [-0.25, -0.2) is 4.79 Å². The molecule has 0 spiro atoms. The van der Waals surface area contributed by atoms with Crippen LogP contribution in [-0.2, 0) is 14.3 Å². The highest BCUT2D eigenvalue weighted by Gasteiger charge is 2.18. The van der Waals surface area contributed by atoms with Gasteiger partial charge in [0.2, 0.25) is 0 Å². The minimum Gasteiger partial charge on any atom is -0.449 e. The molecule has 0 aliphatic carbocycles. The van der Waals surface area contributed by atoms with Crippen molar-refractivity contribution in [2.24, 2.45) is 0 Å². The molecule has 0 aliphatic rings. The van der Waals surface area contributed by atoms with E-state index >= 15 is 0 Å². The van der Waals surface area contributed by atoms with E-state index in [1.165, 1.54) is 6.08 Å². The van der Waals surface area contributed by atoms with Crippen molar-refractivity contribution in [1.82, 2.24) is 0 Å². The molecule has 0 bridgehead atoms. The van der Waals surface area contributed by atoms with Crippen LogP contribution in [0.15, 0.2) is 91.0 Å². The summed E-state index contributed by atoms with van der Waals surface area (Å²) in [5.74, 6) is -0.951. The SMILES string of the molecule is C[C@H](OC(=O)/C=C/c1ccccc1)C(=O)Nc1ccccc1-c1ccccc1. The summed E-state index contributed by atoms with van der Waals surface area (Å²) in [5.41, 5.74) is 3.45. The number of ether oxygens (including phenoxy) is 1. The number of esters is 1. The second kappa shape index (κ2) is 9.33. The number of carbonyl (C=O) groups excluding carboxylic acids is 2. The van der Waals surface area contributed by atoms with Gasteiger partial charge >= 0.3 is 5.97 Å². The van der Waals surface area contributed by atoms with Crippen LogP contribution < -0.4 is 5.32 Å². The Bertz CT molecular complexity index is 965. The van der Waals surface area contributed by atoms with Gasteiger partial charge in [0.15, 0.2) is 6.10 Å². The van der Waals surface area contributed by atoms with Crippen molar-refractivity contribution in [2.75, 3.05) is 5.32 Å². The highest BCUT2D eigenvalue weighted by atomic mass is 16.5. The Kier molecular flexibility index (Phi) is 6.37. The molecule has 0 aliphatic heterocycles. The van der Waals surface area contributed by atoms with Gasteiger partial charge in [-0.05, 0) is 30.2 Å². The van der Waals surface area contributed by atoms with Gasteiger partial charge in [-0.3, -0.25) is 4.79 Å². The van der Waals surface area contributed by atoms with Crippen LogP contribution >= 0.6 is 0 Å². The number of amides is 1. The number of rotatable bonds is 6. The normalized spacial score (nSPS) is 11.8. The van der Waals surface area contributed by atoms with Crippen molar-refractivity contribution >= 4 is 23.6 Å². The number of anilines is 1. The molecule has 1 atom stereocenters. The molecule has 0 radical (unpaired) electrons. The van der Waals surface area contributed by atoms with Gasteiger partial charge in [0.25, 0.3) is 5.91 Å². The van der Waals surface area contributed by atoms with Crippen LogP contribution in [0.1, 0.15) is 12.5 Å². The fraction of sp³-hybridized carbons (Fsp3) is 0.0833. The van der Waals surface area contributed by atoms with Crippen LogP contribution in [0.3, 0.4) is 0 Å². The average molecular weight is 371 g/mol. The van der Waals surface area contributed by atoms with Crippen molar-refractivity contribution in [3.8, 4) is 11.1 Å². The topological polar surface area (TPSA) is 55.4 Å². The molecule has 28 heavy (non-hydrogen) atoms. The molecule has 4 nitrogen and oxygen atoms in total. The summed E-state index contributed by atoms with van der Waals surface area (Å²) in [5, 5.41) is 2.85. The minimum absolute atomic E-state index is 0.384. The zero-order chi connectivity index (χ0) is 19.8. The van der Waals surface area contributed by atoms with E-state index in [-0.39, 0.29) is 5.91 Å². The summed E-state index contributed by atoms with van der Waals surface area (Å²) in [6, 6.07) is 26.7. The third-order valence-electron chi connectivity index (χ3n) is 4.14. The van der Waals surface area contributed by atoms with E-state index in [0.29, 0.717) is 5.69 Å². The first-order chi connectivity index (χ1) is 13.6. The molecule has 1 amide bonds. The van der Waals surface area contributed by atoms with Gasteiger partial charge in [0.1, 0.15) is 0 Å². The maximum absolute atomic E-state index is 12.5. The van der Waals surface area contributed by atoms with E-state index in [1.54, 1.807) is 13.0 Å². The summed E-state index contributed by atoms with van der Waals surface area (Å²) in [6.07, 6.45) is 2.05. The van der Waals surface area contributed by atoms with Crippen LogP contribution in [0.25, 0.3) is 17.2 Å². The van der Waals surface area contributed by atoms with Crippen molar-refractivity contribution in [3.63, 3.8) is 0 Å². The molecule has 3 aromatic carbocycles. The van der Waals surface area contributed by atoms with Crippen LogP contribution in [0.5, 0.6) is 0 Å². The molecular weight excluding hydrogens is 350 g/mol. The van der Waals surface area contributed by atoms with Gasteiger partial charge in [-0.2, -0.15) is 0 Å². The Hall–Kier alpha value is -3.66. The van der Waals surface area contributed by atoms with E-state index in [1.807, 2.05) is 84.9 Å². The second-order valence-electron chi connectivity index (χ2n) is 6.22. The van der Waals surface area contributed by atoms with E-state index in [0.717, 1.165) is 16.7 Å². The number of para-hydroxylation sites is 1. The molecule has 1 N–H and O–H groups in total. The number of benzene rings is 3. The number of carbonyl (C=O) groups is 2. The van der Waals surface area contributed by atoms with Crippen molar-refractivity contribution in [3.05, 3.63) is 96.6 Å². The first-order valence-electron chi connectivity index (χ1n) is 9.02. The standard InChI is InChI=1S/C24H21NO3/c1-18(28-23(26)17-16-19-10-4-2-5-11-19)24(27)25-22-15-9-8-14-21(22)20-12-6-3-7-13-20/h2-18H,1H3,(H,25,27)/b17-16+/t18-/m0/s1. The molecule has 0 heterocycles. The zero-order valence-electron chi connectivity index (χ0n) is 15.5. The van der Waals surface area contributed by atoms with Crippen molar-refractivity contribution in [1.29, 1.82) is 0 Å². The number of hydrogen-bond donors (Lipinski definition) is 1. The van der Waals surface area contributed by atoms with Crippen LogP contribution in [-0.4, -0.2) is 18.0 Å². The van der Waals surface area contributed by atoms with E-state index in [4.69, 9.17) is 4.74 Å². The smallest absolute Gasteiger partial charge is 0.331 e. The van der Waals surface area contributed by atoms with E-state index in [2.05, 4.69) is 5.32 Å². The highest BCUT2D eigenvalue weighted by Crippen LogP contribution is 2.27.